The number of hydrogen-bond donors (Lipinski definition) is 5. The van der Waals surface area contributed by atoms with E-state index in [9.17, 15) is 24.3 Å². The predicted molar refractivity (Wildman–Crippen MR) is 133 cm³/mol. The van der Waals surface area contributed by atoms with E-state index in [4.69, 9.17) is 10.5 Å². The molecule has 2 aromatic rings. The highest BCUT2D eigenvalue weighted by Crippen LogP contribution is 2.27. The van der Waals surface area contributed by atoms with E-state index < -0.39 is 53.5 Å². The zero-order chi connectivity index (χ0) is 26.4. The number of aryl methyl sites for hydroxylation is 1. The first-order valence-corrected chi connectivity index (χ1v) is 12.1. The largest absolute Gasteiger partial charge is 0.394 e. The van der Waals surface area contributed by atoms with Crippen molar-refractivity contribution in [1.29, 1.82) is 0 Å². The molecule has 0 aliphatic carbocycles. The van der Waals surface area contributed by atoms with E-state index in [2.05, 4.69) is 15.6 Å². The third-order valence-corrected chi connectivity index (χ3v) is 6.18. The molecule has 196 valence electrons. The Morgan fingerprint density at radius 2 is 1.92 bits per heavy atom. The Labute approximate surface area is 209 Å². The number of hydrogen-bond acceptors (Lipinski definition) is 7. The summed E-state index contributed by atoms with van der Waals surface area (Å²) < 4.78 is 7.04. The fraction of sp³-hybridized carbons (Fsp3) is 0.520. The second-order valence-electron chi connectivity index (χ2n) is 9.63. The lowest BCUT2D eigenvalue weighted by Crippen LogP contribution is -2.55. The van der Waals surface area contributed by atoms with Gasteiger partial charge in [-0.15, -0.1) is 0 Å². The minimum absolute atomic E-state index is 0.107. The lowest BCUT2D eigenvalue weighted by atomic mass is 10.0. The van der Waals surface area contributed by atoms with Gasteiger partial charge >= 0.3 is 5.69 Å². The number of aromatic nitrogens is 2. The maximum Gasteiger partial charge on any atom is 0.330 e. The Morgan fingerprint density at radius 3 is 2.56 bits per heavy atom. The van der Waals surface area contributed by atoms with Crippen molar-refractivity contribution in [2.75, 3.05) is 6.61 Å². The van der Waals surface area contributed by atoms with Crippen LogP contribution >= 0.6 is 0 Å². The molecule has 11 heteroatoms. The van der Waals surface area contributed by atoms with Crippen molar-refractivity contribution >= 4 is 11.8 Å². The number of carbonyl (C=O) groups is 2. The topological polar surface area (TPSA) is 169 Å². The second-order valence-corrected chi connectivity index (χ2v) is 9.63. The summed E-state index contributed by atoms with van der Waals surface area (Å²) >= 11 is 0. The summed E-state index contributed by atoms with van der Waals surface area (Å²) in [7, 11) is 0. The molecule has 0 radical (unpaired) electrons. The smallest absolute Gasteiger partial charge is 0.330 e. The summed E-state index contributed by atoms with van der Waals surface area (Å²) in [6.45, 7) is 5.05. The third kappa shape index (κ3) is 6.90. The Morgan fingerprint density at radius 1 is 1.22 bits per heavy atom. The van der Waals surface area contributed by atoms with E-state index in [1.54, 1.807) is 6.92 Å². The summed E-state index contributed by atoms with van der Waals surface area (Å²) in [6.07, 6.45) is 0.746. The van der Waals surface area contributed by atoms with Gasteiger partial charge in [0.15, 0.2) is 0 Å². The van der Waals surface area contributed by atoms with E-state index in [0.29, 0.717) is 18.4 Å². The number of aliphatic hydroxyl groups is 1. The Balaban J connectivity index is 1.69. The van der Waals surface area contributed by atoms with Crippen molar-refractivity contribution in [3.63, 3.8) is 0 Å². The van der Waals surface area contributed by atoms with Gasteiger partial charge < -0.3 is 26.2 Å². The molecule has 3 rings (SSSR count). The molecule has 1 aliphatic heterocycles. The molecule has 36 heavy (non-hydrogen) atoms. The van der Waals surface area contributed by atoms with E-state index in [0.717, 1.165) is 5.56 Å². The quantitative estimate of drug-likeness (QED) is 0.298. The van der Waals surface area contributed by atoms with E-state index in [1.807, 2.05) is 44.2 Å². The van der Waals surface area contributed by atoms with E-state index >= 15 is 0 Å². The average Bonchev–Trinajstić information content (AvgIpc) is 3.23. The molecule has 6 N–H and O–H groups in total. The molecule has 1 saturated heterocycles. The van der Waals surface area contributed by atoms with Gasteiger partial charge in [-0.2, -0.15) is 0 Å². The number of amides is 2. The van der Waals surface area contributed by atoms with Crippen LogP contribution in [0.3, 0.4) is 0 Å². The normalized spacial score (nSPS) is 21.2. The van der Waals surface area contributed by atoms with E-state index in [-0.39, 0.29) is 18.9 Å². The predicted octanol–water partition coefficient (Wildman–Crippen LogP) is -0.289. The number of aromatic amines is 1. The molecule has 1 fully saturated rings. The summed E-state index contributed by atoms with van der Waals surface area (Å²) in [6, 6.07) is 7.10. The van der Waals surface area contributed by atoms with Gasteiger partial charge in [-0.25, -0.2) is 4.79 Å². The maximum atomic E-state index is 13.2. The Hall–Kier alpha value is -3.28. The molecule has 1 aromatic heterocycles. The van der Waals surface area contributed by atoms with Crippen LogP contribution in [-0.2, 0) is 20.7 Å². The minimum atomic E-state index is -0.837. The van der Waals surface area contributed by atoms with Crippen LogP contribution in [0, 0.1) is 12.8 Å². The fourth-order valence-electron chi connectivity index (χ4n) is 4.25. The summed E-state index contributed by atoms with van der Waals surface area (Å²) in [5, 5.41) is 15.4. The molecule has 0 spiro atoms. The molecular formula is C25H35N5O6. The van der Waals surface area contributed by atoms with Crippen LogP contribution in [-0.4, -0.2) is 57.3 Å². The average molecular weight is 502 g/mol. The number of nitrogens with zero attached hydrogens (tertiary/aromatic N) is 1. The van der Waals surface area contributed by atoms with Crippen LogP contribution in [0.15, 0.2) is 46.1 Å². The van der Waals surface area contributed by atoms with Crippen molar-refractivity contribution < 1.29 is 19.4 Å². The molecule has 0 unspecified atom stereocenters. The number of nitrogens with two attached hydrogens (primary N) is 1. The first-order valence-electron chi connectivity index (χ1n) is 12.1. The van der Waals surface area contributed by atoms with Gasteiger partial charge in [-0.05, 0) is 31.2 Å². The standard InChI is InChI=1S/C25H35N5O6/c1-14(2)9-19(28-23(33)17(26)10-16-7-5-4-6-8-16)24(34)27-18-11-21(36-20(18)13-31)30-12-15(3)22(32)29-25(30)35/h4-8,12,14,17-21,31H,9-11,13,26H2,1-3H3,(H,27,34)(H,28,33)(H,29,32,35)/t17-,18+,19-,20+,21+/m0/s1. The molecule has 2 amide bonds. The van der Waals surface area contributed by atoms with Gasteiger partial charge in [-0.1, -0.05) is 44.2 Å². The number of H-pyrrole nitrogens is 1. The monoisotopic (exact) mass is 501 g/mol. The van der Waals surface area contributed by atoms with Crippen LogP contribution in [0.4, 0.5) is 0 Å². The zero-order valence-corrected chi connectivity index (χ0v) is 20.8. The molecule has 5 atom stereocenters. The summed E-state index contributed by atoms with van der Waals surface area (Å²) in [4.78, 5) is 52.2. The van der Waals surface area contributed by atoms with Gasteiger partial charge in [0, 0.05) is 18.2 Å². The summed E-state index contributed by atoms with van der Waals surface area (Å²) in [5.41, 5.74) is 6.21. The van der Waals surface area contributed by atoms with Gasteiger partial charge in [0.1, 0.15) is 18.4 Å². The molecule has 0 saturated carbocycles. The number of nitrogens with one attached hydrogen (secondary N) is 3. The minimum Gasteiger partial charge on any atom is -0.394 e. The molecule has 1 aromatic carbocycles. The Bertz CT molecular complexity index is 1160. The van der Waals surface area contributed by atoms with Crippen LogP contribution in [0.1, 0.15) is 44.0 Å². The first kappa shape index (κ1) is 27.3. The lowest BCUT2D eigenvalue weighted by Gasteiger charge is -2.25. The number of carbonyl (C=O) groups excluding carboxylic acids is 2. The molecule has 2 heterocycles. The van der Waals surface area contributed by atoms with Crippen LogP contribution in [0.5, 0.6) is 0 Å². The van der Waals surface area contributed by atoms with Crippen molar-refractivity contribution in [2.45, 2.75) is 70.5 Å². The fourth-order valence-corrected chi connectivity index (χ4v) is 4.25. The highest BCUT2D eigenvalue weighted by molar-refractivity contribution is 5.90. The molecule has 11 nitrogen and oxygen atoms in total. The van der Waals surface area contributed by atoms with Crippen molar-refractivity contribution in [3.8, 4) is 0 Å². The van der Waals surface area contributed by atoms with Gasteiger partial charge in [-0.3, -0.25) is 23.9 Å². The highest BCUT2D eigenvalue weighted by Gasteiger charge is 2.38. The van der Waals surface area contributed by atoms with E-state index in [1.165, 1.54) is 10.8 Å². The SMILES string of the molecule is Cc1cn([C@H]2C[C@@H](NC(=O)[C@H](CC(C)C)NC(=O)[C@@H](N)Cc3ccccc3)[C@@H](CO)O2)c(=O)[nH]c1=O. The van der Waals surface area contributed by atoms with Crippen LogP contribution < -0.4 is 27.6 Å². The molecule has 1 aliphatic rings. The van der Waals surface area contributed by atoms with Gasteiger partial charge in [0.2, 0.25) is 11.8 Å². The second kappa shape index (κ2) is 12.1. The molecular weight excluding hydrogens is 466 g/mol. The highest BCUT2D eigenvalue weighted by atomic mass is 16.5. The zero-order valence-electron chi connectivity index (χ0n) is 20.8. The third-order valence-electron chi connectivity index (χ3n) is 6.18. The number of rotatable bonds is 10. The summed E-state index contributed by atoms with van der Waals surface area (Å²) in [5.74, 6) is -0.758. The Kier molecular flexibility index (Phi) is 9.19. The number of aliphatic hydroxyl groups excluding tert-OH is 1. The van der Waals surface area contributed by atoms with Gasteiger partial charge in [0.05, 0.1) is 18.7 Å². The number of benzene rings is 1. The number of ether oxygens (including phenoxy) is 1. The van der Waals surface area contributed by atoms with Gasteiger partial charge in [0.25, 0.3) is 5.56 Å². The van der Waals surface area contributed by atoms with Crippen molar-refractivity contribution in [1.82, 2.24) is 20.2 Å². The molecule has 0 bridgehead atoms. The first-order chi connectivity index (χ1) is 17.1. The van der Waals surface area contributed by atoms with Crippen molar-refractivity contribution in [2.24, 2.45) is 11.7 Å². The van der Waals surface area contributed by atoms with Crippen LogP contribution in [0.25, 0.3) is 0 Å². The maximum absolute atomic E-state index is 13.2. The van der Waals surface area contributed by atoms with Crippen molar-refractivity contribution in [3.05, 3.63) is 68.5 Å². The lowest BCUT2D eigenvalue weighted by molar-refractivity contribution is -0.130. The van der Waals surface area contributed by atoms with Crippen LogP contribution in [0.2, 0.25) is 0 Å².